The van der Waals surface area contributed by atoms with Crippen LogP contribution in [0.3, 0.4) is 0 Å². The number of rotatable bonds is 7. The van der Waals surface area contributed by atoms with Gasteiger partial charge in [0.05, 0.1) is 17.3 Å². The van der Waals surface area contributed by atoms with E-state index in [-0.39, 0.29) is 12.5 Å². The van der Waals surface area contributed by atoms with Gasteiger partial charge in [-0.25, -0.2) is 0 Å². The number of amides is 1. The summed E-state index contributed by atoms with van der Waals surface area (Å²) < 4.78 is 47.2. The van der Waals surface area contributed by atoms with E-state index >= 15 is 0 Å². The van der Waals surface area contributed by atoms with Crippen LogP contribution in [0.15, 0.2) is 85.2 Å². The van der Waals surface area contributed by atoms with Gasteiger partial charge in [0.25, 0.3) is 0 Å². The molecule has 1 saturated heterocycles. The molecular formula is C29H26F3N5O2S. The summed E-state index contributed by atoms with van der Waals surface area (Å²) in [5.74, 6) is -0.274. The number of hydrogen-bond acceptors (Lipinski definition) is 4. The number of carbonyl (C=O) groups is 1. The molecule has 0 radical (unpaired) electrons. The van der Waals surface area contributed by atoms with Gasteiger partial charge in [-0.1, -0.05) is 12.1 Å². The second-order valence-electron chi connectivity index (χ2n) is 9.33. The van der Waals surface area contributed by atoms with Crippen molar-refractivity contribution in [2.24, 2.45) is 0 Å². The lowest BCUT2D eigenvalue weighted by molar-refractivity contribution is -0.137. The molecule has 0 spiro atoms. The van der Waals surface area contributed by atoms with Gasteiger partial charge in [-0.15, -0.1) is 0 Å². The van der Waals surface area contributed by atoms with Gasteiger partial charge in [-0.2, -0.15) is 13.2 Å². The van der Waals surface area contributed by atoms with E-state index in [9.17, 15) is 18.0 Å². The van der Waals surface area contributed by atoms with Gasteiger partial charge in [0.2, 0.25) is 5.91 Å². The molecule has 40 heavy (non-hydrogen) atoms. The first kappa shape index (κ1) is 27.4. The summed E-state index contributed by atoms with van der Waals surface area (Å²) in [4.78, 5) is 18.5. The summed E-state index contributed by atoms with van der Waals surface area (Å²) in [6.45, 7) is 1.80. The number of halogens is 3. The number of pyridine rings is 1. The van der Waals surface area contributed by atoms with Crippen LogP contribution in [0.25, 0.3) is 5.69 Å². The lowest BCUT2D eigenvalue weighted by Gasteiger charge is -2.29. The zero-order valence-electron chi connectivity index (χ0n) is 21.6. The standard InChI is InChI=1S/C29H26F3N5O2S/c1-18-15-21(11-12-22(18)34-25(38)17-39-2)37-27(26(35-28(37)40)23-9-3-4-13-33-23)24-10-6-14-36(24)20-8-5-7-19(16-20)29(30,31)32/h3-16,26-27H,17H2,1-2H3,(H,34,38)(H,35,40)/t26-,27-/m0/s1. The molecule has 206 valence electrons. The average Bonchev–Trinajstić information content (AvgIpc) is 3.54. The Labute approximate surface area is 234 Å². The Kier molecular flexibility index (Phi) is 7.59. The number of methoxy groups -OCH3 is 1. The Morgan fingerprint density at radius 3 is 2.60 bits per heavy atom. The third kappa shape index (κ3) is 5.43. The van der Waals surface area contributed by atoms with Crippen molar-refractivity contribution in [1.82, 2.24) is 14.9 Å². The third-order valence-corrected chi connectivity index (χ3v) is 6.99. The molecule has 1 aliphatic heterocycles. The number of hydrogen-bond donors (Lipinski definition) is 2. The lowest BCUT2D eigenvalue weighted by atomic mass is 10.00. The Morgan fingerprint density at radius 1 is 1.07 bits per heavy atom. The van der Waals surface area contributed by atoms with Crippen molar-refractivity contribution in [3.8, 4) is 5.69 Å². The lowest BCUT2D eigenvalue weighted by Crippen LogP contribution is -2.30. The molecule has 0 unspecified atom stereocenters. The molecule has 3 heterocycles. The number of anilines is 2. The molecule has 5 rings (SSSR count). The normalized spacial score (nSPS) is 17.1. The monoisotopic (exact) mass is 565 g/mol. The van der Waals surface area contributed by atoms with Crippen molar-refractivity contribution in [3.63, 3.8) is 0 Å². The molecule has 0 saturated carbocycles. The number of alkyl halides is 3. The second kappa shape index (κ2) is 11.1. The van der Waals surface area contributed by atoms with Crippen molar-refractivity contribution < 1.29 is 22.7 Å². The predicted octanol–water partition coefficient (Wildman–Crippen LogP) is 5.96. The van der Waals surface area contributed by atoms with E-state index in [2.05, 4.69) is 15.6 Å². The van der Waals surface area contributed by atoms with Gasteiger partial charge in [-0.3, -0.25) is 9.78 Å². The average molecular weight is 566 g/mol. The second-order valence-corrected chi connectivity index (χ2v) is 9.71. The fraction of sp³-hybridized carbons (Fsp3) is 0.207. The minimum Gasteiger partial charge on any atom is -0.375 e. The maximum atomic E-state index is 13.5. The first-order chi connectivity index (χ1) is 19.2. The van der Waals surface area contributed by atoms with E-state index in [0.29, 0.717) is 16.5 Å². The van der Waals surface area contributed by atoms with Gasteiger partial charge in [-0.05, 0) is 85.4 Å². The van der Waals surface area contributed by atoms with Crippen molar-refractivity contribution in [2.75, 3.05) is 23.9 Å². The molecule has 1 amide bonds. The highest BCUT2D eigenvalue weighted by Crippen LogP contribution is 2.43. The molecule has 0 bridgehead atoms. The number of carbonyl (C=O) groups excluding carboxylic acids is 1. The molecule has 4 aromatic rings. The first-order valence-corrected chi connectivity index (χ1v) is 12.8. The van der Waals surface area contributed by atoms with Crippen molar-refractivity contribution in [1.29, 1.82) is 0 Å². The fourth-order valence-corrected chi connectivity index (χ4v) is 5.24. The maximum absolute atomic E-state index is 13.5. The van der Waals surface area contributed by atoms with Crippen LogP contribution < -0.4 is 15.5 Å². The molecule has 2 N–H and O–H groups in total. The summed E-state index contributed by atoms with van der Waals surface area (Å²) >= 11 is 5.80. The largest absolute Gasteiger partial charge is 0.416 e. The van der Waals surface area contributed by atoms with Crippen LogP contribution in [0.4, 0.5) is 24.5 Å². The summed E-state index contributed by atoms with van der Waals surface area (Å²) in [6.07, 6.45) is -1.05. The van der Waals surface area contributed by atoms with Crippen molar-refractivity contribution >= 4 is 34.6 Å². The van der Waals surface area contributed by atoms with E-state index in [1.54, 1.807) is 35.2 Å². The van der Waals surface area contributed by atoms with E-state index < -0.39 is 23.8 Å². The van der Waals surface area contributed by atoms with Gasteiger partial charge in [0.15, 0.2) is 5.11 Å². The molecule has 2 aromatic carbocycles. The van der Waals surface area contributed by atoms with Crippen LogP contribution in [-0.2, 0) is 15.7 Å². The molecular weight excluding hydrogens is 539 g/mol. The van der Waals surface area contributed by atoms with E-state index in [1.807, 2.05) is 48.2 Å². The van der Waals surface area contributed by atoms with Crippen LogP contribution >= 0.6 is 12.2 Å². The number of ether oxygens (including phenoxy) is 1. The van der Waals surface area contributed by atoms with Crippen molar-refractivity contribution in [3.05, 3.63) is 108 Å². The van der Waals surface area contributed by atoms with Gasteiger partial charge < -0.3 is 24.8 Å². The predicted molar refractivity (Wildman–Crippen MR) is 150 cm³/mol. The highest BCUT2D eigenvalue weighted by Gasteiger charge is 2.42. The molecule has 2 atom stereocenters. The minimum absolute atomic E-state index is 0.0678. The van der Waals surface area contributed by atoms with E-state index in [4.69, 9.17) is 17.0 Å². The quantitative estimate of drug-likeness (QED) is 0.270. The molecule has 2 aromatic heterocycles. The Morgan fingerprint density at radius 2 is 1.90 bits per heavy atom. The number of aromatic nitrogens is 2. The van der Waals surface area contributed by atoms with Crippen LogP contribution in [0.1, 0.15) is 34.6 Å². The van der Waals surface area contributed by atoms with Gasteiger partial charge in [0.1, 0.15) is 12.6 Å². The number of benzene rings is 2. The fourth-order valence-electron chi connectivity index (χ4n) is 4.89. The van der Waals surface area contributed by atoms with Gasteiger partial charge >= 0.3 is 6.18 Å². The summed E-state index contributed by atoms with van der Waals surface area (Å²) in [5, 5.41) is 6.63. The number of nitrogens with one attached hydrogen (secondary N) is 2. The van der Waals surface area contributed by atoms with Crippen LogP contribution in [0.2, 0.25) is 0 Å². The molecule has 11 heteroatoms. The van der Waals surface area contributed by atoms with E-state index in [1.165, 1.54) is 13.2 Å². The zero-order chi connectivity index (χ0) is 28.4. The number of nitrogens with zero attached hydrogens (tertiary/aromatic N) is 3. The smallest absolute Gasteiger partial charge is 0.375 e. The summed E-state index contributed by atoms with van der Waals surface area (Å²) in [7, 11) is 1.45. The van der Waals surface area contributed by atoms with Crippen LogP contribution in [-0.4, -0.2) is 34.3 Å². The third-order valence-electron chi connectivity index (χ3n) is 6.67. The number of thiocarbonyl (C=S) groups is 1. The first-order valence-electron chi connectivity index (χ1n) is 12.4. The van der Waals surface area contributed by atoms with Crippen LogP contribution in [0.5, 0.6) is 0 Å². The zero-order valence-corrected chi connectivity index (χ0v) is 22.5. The van der Waals surface area contributed by atoms with Gasteiger partial charge in [0, 0.05) is 42.3 Å². The molecule has 1 aliphatic rings. The SMILES string of the molecule is COCC(=O)Nc1ccc(N2C(=S)N[C@@H](c3ccccn3)[C@@H]2c2cccn2-c2cccc(C(F)(F)F)c2)cc1C. The molecule has 0 aliphatic carbocycles. The summed E-state index contributed by atoms with van der Waals surface area (Å²) in [5.41, 5.74) is 3.28. The highest BCUT2D eigenvalue weighted by molar-refractivity contribution is 7.80. The maximum Gasteiger partial charge on any atom is 0.416 e. The molecule has 1 fully saturated rings. The Hall–Kier alpha value is -4.22. The van der Waals surface area contributed by atoms with Crippen molar-refractivity contribution in [2.45, 2.75) is 25.2 Å². The highest BCUT2D eigenvalue weighted by atomic mass is 32.1. The topological polar surface area (TPSA) is 71.4 Å². The number of aryl methyl sites for hydroxylation is 1. The van der Waals surface area contributed by atoms with Crippen LogP contribution in [0, 0.1) is 6.92 Å². The molecule has 7 nitrogen and oxygen atoms in total. The van der Waals surface area contributed by atoms with E-state index in [0.717, 1.165) is 34.8 Å². The minimum atomic E-state index is -4.47. The summed E-state index contributed by atoms with van der Waals surface area (Å²) in [6, 6.07) is 19.1. The Bertz CT molecular complexity index is 1540. The Balaban J connectivity index is 1.60.